The van der Waals surface area contributed by atoms with Crippen LogP contribution in [0.25, 0.3) is 33.3 Å². The van der Waals surface area contributed by atoms with Crippen LogP contribution in [-0.2, 0) is 0 Å². The number of ether oxygens (including phenoxy) is 2. The van der Waals surface area contributed by atoms with Crippen LogP contribution in [-0.4, -0.2) is 61.3 Å². The first-order valence-corrected chi connectivity index (χ1v) is 13.2. The first-order valence-electron chi connectivity index (χ1n) is 13.2. The third kappa shape index (κ3) is 5.28. The molecule has 3 heterocycles. The second kappa shape index (κ2) is 11.1. The number of fused-ring (bicyclic) bond motifs is 2. The SMILES string of the molecule is COc1ccc(-c2oc3ccccc3c(=O)c2OCCCN2CCN(c3cnc4ccccc4n3)CC2)cc1. The van der Waals surface area contributed by atoms with Crippen LogP contribution in [0.1, 0.15) is 6.42 Å². The maximum absolute atomic E-state index is 13.4. The van der Waals surface area contributed by atoms with Crippen LogP contribution < -0.4 is 19.8 Å². The molecule has 1 fully saturated rings. The van der Waals surface area contributed by atoms with Gasteiger partial charge in [0.1, 0.15) is 17.2 Å². The molecule has 0 atom stereocenters. The van der Waals surface area contributed by atoms with Gasteiger partial charge in [0, 0.05) is 38.3 Å². The van der Waals surface area contributed by atoms with Crippen molar-refractivity contribution >= 4 is 27.8 Å². The molecule has 3 aromatic carbocycles. The topological polar surface area (TPSA) is 80.9 Å². The highest BCUT2D eigenvalue weighted by molar-refractivity contribution is 5.82. The summed E-state index contributed by atoms with van der Waals surface area (Å²) in [7, 11) is 1.62. The lowest BCUT2D eigenvalue weighted by atomic mass is 10.1. The minimum Gasteiger partial charge on any atom is -0.497 e. The third-order valence-electron chi connectivity index (χ3n) is 7.11. The zero-order chi connectivity index (χ0) is 26.6. The average Bonchev–Trinajstić information content (AvgIpc) is 3.00. The zero-order valence-corrected chi connectivity index (χ0v) is 21.9. The quantitative estimate of drug-likeness (QED) is 0.263. The van der Waals surface area contributed by atoms with Gasteiger partial charge in [0.25, 0.3) is 0 Å². The van der Waals surface area contributed by atoms with Crippen LogP contribution in [0.15, 0.2) is 88.2 Å². The van der Waals surface area contributed by atoms with Crippen molar-refractivity contribution in [3.05, 3.63) is 89.2 Å². The standard InChI is InChI=1S/C31H30N4O4/c1-37-23-13-11-22(12-14-23)30-31(29(36)24-7-2-5-10-27(24)39-30)38-20-6-15-34-16-18-35(19-17-34)28-21-32-25-8-3-4-9-26(25)33-28/h2-5,7-14,21H,6,15-20H2,1H3. The van der Waals surface area contributed by atoms with Gasteiger partial charge in [0.15, 0.2) is 5.76 Å². The summed E-state index contributed by atoms with van der Waals surface area (Å²) in [5.74, 6) is 2.34. The summed E-state index contributed by atoms with van der Waals surface area (Å²) in [5.41, 5.74) is 2.97. The van der Waals surface area contributed by atoms with E-state index in [0.29, 0.717) is 23.3 Å². The lowest BCUT2D eigenvalue weighted by Gasteiger charge is -2.35. The number of para-hydroxylation sites is 3. The predicted octanol–water partition coefficient (Wildman–Crippen LogP) is 5.00. The van der Waals surface area contributed by atoms with Crippen LogP contribution in [0.2, 0.25) is 0 Å². The Hall–Kier alpha value is -4.43. The molecule has 0 aliphatic carbocycles. The molecule has 0 unspecified atom stereocenters. The van der Waals surface area contributed by atoms with Crippen molar-refractivity contribution in [2.45, 2.75) is 6.42 Å². The van der Waals surface area contributed by atoms with Gasteiger partial charge >= 0.3 is 0 Å². The molecule has 2 aromatic heterocycles. The molecule has 0 amide bonds. The Labute approximate surface area is 226 Å². The van der Waals surface area contributed by atoms with Crippen molar-refractivity contribution in [2.75, 3.05) is 51.3 Å². The molecule has 8 heteroatoms. The number of benzene rings is 3. The first-order chi connectivity index (χ1) is 19.2. The summed E-state index contributed by atoms with van der Waals surface area (Å²) in [5, 5.41) is 0.512. The molecule has 0 N–H and O–H groups in total. The normalized spacial score (nSPS) is 14.1. The van der Waals surface area contributed by atoms with E-state index in [-0.39, 0.29) is 11.2 Å². The fourth-order valence-electron chi connectivity index (χ4n) is 4.95. The zero-order valence-electron chi connectivity index (χ0n) is 21.9. The van der Waals surface area contributed by atoms with Crippen molar-refractivity contribution in [2.24, 2.45) is 0 Å². The smallest absolute Gasteiger partial charge is 0.235 e. The summed E-state index contributed by atoms with van der Waals surface area (Å²) in [4.78, 5) is 27.4. The third-order valence-corrected chi connectivity index (χ3v) is 7.11. The van der Waals surface area contributed by atoms with Crippen molar-refractivity contribution in [3.63, 3.8) is 0 Å². The molecule has 0 bridgehead atoms. The van der Waals surface area contributed by atoms with Gasteiger partial charge < -0.3 is 18.8 Å². The van der Waals surface area contributed by atoms with E-state index in [4.69, 9.17) is 18.9 Å². The van der Waals surface area contributed by atoms with E-state index in [9.17, 15) is 4.79 Å². The van der Waals surface area contributed by atoms with Gasteiger partial charge in [0.2, 0.25) is 11.2 Å². The molecule has 198 valence electrons. The number of hydrogen-bond donors (Lipinski definition) is 0. The maximum atomic E-state index is 13.4. The van der Waals surface area contributed by atoms with Crippen LogP contribution in [0.3, 0.4) is 0 Å². The first kappa shape index (κ1) is 24.9. The largest absolute Gasteiger partial charge is 0.497 e. The van der Waals surface area contributed by atoms with Crippen LogP contribution in [0.5, 0.6) is 11.5 Å². The van der Waals surface area contributed by atoms with Gasteiger partial charge in [-0.2, -0.15) is 0 Å². The van der Waals surface area contributed by atoms with Gasteiger partial charge in [-0.15, -0.1) is 0 Å². The Morgan fingerprint density at radius 3 is 2.44 bits per heavy atom. The number of aromatic nitrogens is 2. The lowest BCUT2D eigenvalue weighted by Crippen LogP contribution is -2.47. The molecule has 6 rings (SSSR count). The highest BCUT2D eigenvalue weighted by Crippen LogP contribution is 2.32. The minimum atomic E-state index is -0.159. The predicted molar refractivity (Wildman–Crippen MR) is 153 cm³/mol. The van der Waals surface area contributed by atoms with Crippen LogP contribution >= 0.6 is 0 Å². The highest BCUT2D eigenvalue weighted by Gasteiger charge is 2.20. The number of hydrogen-bond acceptors (Lipinski definition) is 8. The van der Waals surface area contributed by atoms with Crippen LogP contribution in [0, 0.1) is 0 Å². The van der Waals surface area contributed by atoms with Gasteiger partial charge in [-0.25, -0.2) is 4.98 Å². The Kier molecular flexibility index (Phi) is 7.10. The van der Waals surface area contributed by atoms with E-state index >= 15 is 0 Å². The molecule has 8 nitrogen and oxygen atoms in total. The summed E-state index contributed by atoms with van der Waals surface area (Å²) in [6.07, 6.45) is 2.66. The summed E-state index contributed by atoms with van der Waals surface area (Å²) >= 11 is 0. The molecule has 0 radical (unpaired) electrons. The second-order valence-corrected chi connectivity index (χ2v) is 9.56. The summed E-state index contributed by atoms with van der Waals surface area (Å²) in [6, 6.07) is 22.6. The lowest BCUT2D eigenvalue weighted by molar-refractivity contribution is 0.223. The van der Waals surface area contributed by atoms with Gasteiger partial charge in [-0.3, -0.25) is 14.7 Å². The number of rotatable bonds is 8. The van der Waals surface area contributed by atoms with E-state index in [2.05, 4.69) is 14.8 Å². The molecule has 39 heavy (non-hydrogen) atoms. The molecule has 1 saturated heterocycles. The van der Waals surface area contributed by atoms with E-state index in [0.717, 1.165) is 67.3 Å². The average molecular weight is 523 g/mol. The number of piperazine rings is 1. The Bertz CT molecular complexity index is 1640. The van der Waals surface area contributed by atoms with Crippen molar-refractivity contribution in [1.82, 2.24) is 14.9 Å². The van der Waals surface area contributed by atoms with Crippen molar-refractivity contribution in [3.8, 4) is 22.8 Å². The molecule has 0 saturated carbocycles. The van der Waals surface area contributed by atoms with E-state index in [1.165, 1.54) is 0 Å². The fourth-order valence-corrected chi connectivity index (χ4v) is 4.95. The highest BCUT2D eigenvalue weighted by atomic mass is 16.5. The van der Waals surface area contributed by atoms with E-state index < -0.39 is 0 Å². The molecular formula is C31H30N4O4. The van der Waals surface area contributed by atoms with Gasteiger partial charge in [-0.05, 0) is 55.0 Å². The molecular weight excluding hydrogens is 492 g/mol. The molecule has 0 spiro atoms. The Morgan fingerprint density at radius 2 is 1.64 bits per heavy atom. The van der Waals surface area contributed by atoms with Gasteiger partial charge in [-0.1, -0.05) is 24.3 Å². The minimum absolute atomic E-state index is 0.159. The fraction of sp³-hybridized carbons (Fsp3) is 0.258. The summed E-state index contributed by atoms with van der Waals surface area (Å²) in [6.45, 7) is 4.96. The monoisotopic (exact) mass is 522 g/mol. The van der Waals surface area contributed by atoms with Crippen LogP contribution in [0.4, 0.5) is 5.82 Å². The second-order valence-electron chi connectivity index (χ2n) is 9.56. The van der Waals surface area contributed by atoms with E-state index in [1.807, 2.05) is 66.9 Å². The maximum Gasteiger partial charge on any atom is 0.235 e. The number of anilines is 1. The van der Waals surface area contributed by atoms with Gasteiger partial charge in [0.05, 0.1) is 36.3 Å². The molecule has 5 aromatic rings. The summed E-state index contributed by atoms with van der Waals surface area (Å²) < 4.78 is 17.6. The Balaban J connectivity index is 1.09. The van der Waals surface area contributed by atoms with E-state index in [1.54, 1.807) is 19.2 Å². The number of methoxy groups -OCH3 is 1. The number of nitrogens with zero attached hydrogens (tertiary/aromatic N) is 4. The molecule has 1 aliphatic heterocycles. The van der Waals surface area contributed by atoms with Crippen molar-refractivity contribution in [1.29, 1.82) is 0 Å². The molecule has 1 aliphatic rings. The Morgan fingerprint density at radius 1 is 0.897 bits per heavy atom. The van der Waals surface area contributed by atoms with Crippen molar-refractivity contribution < 1.29 is 13.9 Å².